The van der Waals surface area contributed by atoms with Gasteiger partial charge in [0.05, 0.1) is 6.04 Å². The van der Waals surface area contributed by atoms with Crippen LogP contribution in [0, 0.1) is 0 Å². The van der Waals surface area contributed by atoms with Gasteiger partial charge in [-0.2, -0.15) is 0 Å². The highest BCUT2D eigenvalue weighted by molar-refractivity contribution is 5.82. The van der Waals surface area contributed by atoms with Crippen LogP contribution in [0.1, 0.15) is 39.5 Å². The van der Waals surface area contributed by atoms with E-state index in [2.05, 4.69) is 12.2 Å². The van der Waals surface area contributed by atoms with Crippen molar-refractivity contribution in [3.8, 4) is 0 Å². The molecule has 0 aromatic carbocycles. The largest absolute Gasteiger partial charge is 0.350 e. The fourth-order valence-corrected chi connectivity index (χ4v) is 1.14. The molecule has 12 heavy (non-hydrogen) atoms. The second kappa shape index (κ2) is 3.44. The minimum absolute atomic E-state index is 0.0110. The van der Waals surface area contributed by atoms with E-state index in [9.17, 15) is 4.79 Å². The number of carbonyl (C=O) groups excluding carboxylic acids is 1. The highest BCUT2D eigenvalue weighted by Gasteiger charge is 2.39. The van der Waals surface area contributed by atoms with Crippen molar-refractivity contribution >= 4 is 5.91 Å². The van der Waals surface area contributed by atoms with Crippen molar-refractivity contribution in [1.29, 1.82) is 0 Å². The van der Waals surface area contributed by atoms with Crippen LogP contribution >= 0.6 is 0 Å². The molecule has 1 amide bonds. The van der Waals surface area contributed by atoms with Crippen LogP contribution in [0.3, 0.4) is 0 Å². The van der Waals surface area contributed by atoms with Gasteiger partial charge in [-0.15, -0.1) is 0 Å². The summed E-state index contributed by atoms with van der Waals surface area (Å²) in [5.74, 6) is 0.0110. The van der Waals surface area contributed by atoms with Gasteiger partial charge in [0.25, 0.3) is 0 Å². The molecular weight excluding hydrogens is 152 g/mol. The van der Waals surface area contributed by atoms with Gasteiger partial charge in [0.1, 0.15) is 0 Å². The van der Waals surface area contributed by atoms with E-state index in [4.69, 9.17) is 5.73 Å². The van der Waals surface area contributed by atoms with Gasteiger partial charge in [0.2, 0.25) is 5.91 Å². The van der Waals surface area contributed by atoms with Gasteiger partial charge in [-0.05, 0) is 26.2 Å². The molecule has 0 unspecified atom stereocenters. The molecule has 0 aliphatic heterocycles. The number of hydrogen-bond donors (Lipinski definition) is 2. The van der Waals surface area contributed by atoms with Gasteiger partial charge in [-0.3, -0.25) is 4.79 Å². The first kappa shape index (κ1) is 9.52. The van der Waals surface area contributed by atoms with Crippen molar-refractivity contribution in [2.45, 2.75) is 51.1 Å². The number of nitrogens with one attached hydrogen (secondary N) is 1. The Morgan fingerprint density at radius 3 is 2.67 bits per heavy atom. The highest BCUT2D eigenvalue weighted by Crippen LogP contribution is 2.34. The lowest BCUT2D eigenvalue weighted by Crippen LogP contribution is -2.45. The maximum atomic E-state index is 11.4. The van der Waals surface area contributed by atoms with Crippen LogP contribution in [-0.4, -0.2) is 17.5 Å². The fourth-order valence-electron chi connectivity index (χ4n) is 1.14. The van der Waals surface area contributed by atoms with Crippen LogP contribution in [0.5, 0.6) is 0 Å². The summed E-state index contributed by atoms with van der Waals surface area (Å²) in [5, 5.41) is 2.95. The zero-order valence-electron chi connectivity index (χ0n) is 7.89. The molecule has 1 saturated carbocycles. The summed E-state index contributed by atoms with van der Waals surface area (Å²) < 4.78 is 0. The summed E-state index contributed by atoms with van der Waals surface area (Å²) in [6.45, 7) is 4.09. The van der Waals surface area contributed by atoms with E-state index in [1.165, 1.54) is 0 Å². The summed E-state index contributed by atoms with van der Waals surface area (Å²) in [5.41, 5.74) is 5.72. The van der Waals surface area contributed by atoms with Crippen molar-refractivity contribution in [2.24, 2.45) is 5.73 Å². The molecule has 1 fully saturated rings. The molecule has 3 N–H and O–H groups in total. The first-order valence-electron chi connectivity index (χ1n) is 4.65. The van der Waals surface area contributed by atoms with Gasteiger partial charge in [0, 0.05) is 5.54 Å². The zero-order valence-corrected chi connectivity index (χ0v) is 7.89. The summed E-state index contributed by atoms with van der Waals surface area (Å²) in [6, 6.07) is -0.313. The third kappa shape index (κ3) is 2.48. The number of amides is 1. The first-order chi connectivity index (χ1) is 5.57. The van der Waals surface area contributed by atoms with E-state index >= 15 is 0 Å². The van der Waals surface area contributed by atoms with E-state index in [1.54, 1.807) is 0 Å². The predicted octanol–water partition coefficient (Wildman–Crippen LogP) is 0.782. The van der Waals surface area contributed by atoms with Gasteiger partial charge >= 0.3 is 0 Å². The molecular formula is C9H18N2O. The molecule has 1 aliphatic carbocycles. The molecule has 1 aliphatic rings. The first-order valence-corrected chi connectivity index (χ1v) is 4.65. The Bertz CT molecular complexity index is 175. The van der Waals surface area contributed by atoms with Gasteiger partial charge in [-0.25, -0.2) is 0 Å². The Hall–Kier alpha value is -0.570. The van der Waals surface area contributed by atoms with E-state index < -0.39 is 0 Å². The van der Waals surface area contributed by atoms with Crippen LogP contribution in [0.25, 0.3) is 0 Å². The van der Waals surface area contributed by atoms with Gasteiger partial charge < -0.3 is 11.1 Å². The third-order valence-corrected chi connectivity index (χ3v) is 2.36. The van der Waals surface area contributed by atoms with Gasteiger partial charge in [-0.1, -0.05) is 13.3 Å². The number of hydrogen-bond acceptors (Lipinski definition) is 2. The Labute approximate surface area is 73.7 Å². The molecule has 3 heteroatoms. The average Bonchev–Trinajstić information content (AvgIpc) is 2.68. The molecule has 0 spiro atoms. The minimum Gasteiger partial charge on any atom is -0.350 e. The molecule has 0 bridgehead atoms. The number of carbonyl (C=O) groups is 1. The summed E-state index contributed by atoms with van der Waals surface area (Å²) >= 11 is 0. The molecule has 1 rings (SSSR count). The summed E-state index contributed by atoms with van der Waals surface area (Å²) in [4.78, 5) is 11.4. The maximum absolute atomic E-state index is 11.4. The number of nitrogens with two attached hydrogens (primary N) is 1. The molecule has 0 aromatic heterocycles. The van der Waals surface area contributed by atoms with Crippen LogP contribution in [0.2, 0.25) is 0 Å². The standard InChI is InChI=1S/C9H18N2O/c1-3-4-7(10)8(12)11-9(2)5-6-9/h7H,3-6,10H2,1-2H3,(H,11,12)/t7-/m0/s1. The van der Waals surface area contributed by atoms with Crippen LogP contribution in [-0.2, 0) is 4.79 Å². The predicted molar refractivity (Wildman–Crippen MR) is 48.7 cm³/mol. The van der Waals surface area contributed by atoms with Crippen molar-refractivity contribution in [3.05, 3.63) is 0 Å². The normalized spacial score (nSPS) is 21.6. The van der Waals surface area contributed by atoms with Crippen molar-refractivity contribution in [3.63, 3.8) is 0 Å². The lowest BCUT2D eigenvalue weighted by Gasteiger charge is -2.15. The second-order valence-electron chi connectivity index (χ2n) is 3.95. The molecule has 70 valence electrons. The Kier molecular flexibility index (Phi) is 2.73. The van der Waals surface area contributed by atoms with Gasteiger partial charge in [0.15, 0.2) is 0 Å². The van der Waals surface area contributed by atoms with E-state index in [1.807, 2.05) is 6.92 Å². The van der Waals surface area contributed by atoms with Crippen molar-refractivity contribution in [1.82, 2.24) is 5.32 Å². The summed E-state index contributed by atoms with van der Waals surface area (Å²) in [7, 11) is 0. The van der Waals surface area contributed by atoms with E-state index in [0.717, 1.165) is 25.7 Å². The SMILES string of the molecule is CCC[C@H](N)C(=O)NC1(C)CC1. The van der Waals surface area contributed by atoms with Crippen LogP contribution < -0.4 is 11.1 Å². The quantitative estimate of drug-likeness (QED) is 0.655. The lowest BCUT2D eigenvalue weighted by atomic mass is 10.1. The monoisotopic (exact) mass is 170 g/mol. The lowest BCUT2D eigenvalue weighted by molar-refractivity contribution is -0.123. The highest BCUT2D eigenvalue weighted by atomic mass is 16.2. The topological polar surface area (TPSA) is 55.1 Å². The molecule has 0 heterocycles. The average molecular weight is 170 g/mol. The van der Waals surface area contributed by atoms with Crippen molar-refractivity contribution in [2.75, 3.05) is 0 Å². The third-order valence-electron chi connectivity index (χ3n) is 2.36. The van der Waals surface area contributed by atoms with E-state index in [0.29, 0.717) is 0 Å². The molecule has 0 radical (unpaired) electrons. The maximum Gasteiger partial charge on any atom is 0.237 e. The van der Waals surface area contributed by atoms with Crippen LogP contribution in [0.4, 0.5) is 0 Å². The minimum atomic E-state index is -0.313. The number of rotatable bonds is 4. The molecule has 0 aromatic rings. The fraction of sp³-hybridized carbons (Fsp3) is 0.889. The Balaban J connectivity index is 2.27. The molecule has 1 atom stereocenters. The Morgan fingerprint density at radius 2 is 2.25 bits per heavy atom. The molecule has 0 saturated heterocycles. The smallest absolute Gasteiger partial charge is 0.237 e. The van der Waals surface area contributed by atoms with E-state index in [-0.39, 0.29) is 17.5 Å². The Morgan fingerprint density at radius 1 is 1.67 bits per heavy atom. The summed E-state index contributed by atoms with van der Waals surface area (Å²) in [6.07, 6.45) is 3.93. The van der Waals surface area contributed by atoms with Crippen LogP contribution in [0.15, 0.2) is 0 Å². The van der Waals surface area contributed by atoms with Crippen molar-refractivity contribution < 1.29 is 4.79 Å². The zero-order chi connectivity index (χ0) is 9.19. The molecule has 3 nitrogen and oxygen atoms in total. The second-order valence-corrected chi connectivity index (χ2v) is 3.95.